The van der Waals surface area contributed by atoms with Crippen LogP contribution in [0.15, 0.2) is 18.2 Å². The molecule has 0 radical (unpaired) electrons. The van der Waals surface area contributed by atoms with Crippen molar-refractivity contribution in [3.05, 3.63) is 28.8 Å². The van der Waals surface area contributed by atoms with Gasteiger partial charge in [-0.25, -0.2) is 4.79 Å². The van der Waals surface area contributed by atoms with Gasteiger partial charge >= 0.3 is 5.97 Å². The van der Waals surface area contributed by atoms with Gasteiger partial charge in [0.25, 0.3) is 0 Å². The first-order valence-corrected chi connectivity index (χ1v) is 6.53. The standard InChI is InChI=1S/C13H17ClN2O2/c14-12-9-10(3-4-11(12)13(17)18)15-5-8-16-6-1-2-7-16/h3-4,9,15H,1-2,5-8H2,(H,17,18). The maximum absolute atomic E-state index is 10.8. The van der Waals surface area contributed by atoms with Crippen molar-refractivity contribution in [2.45, 2.75) is 12.8 Å². The molecule has 18 heavy (non-hydrogen) atoms. The number of nitrogens with zero attached hydrogens (tertiary/aromatic N) is 1. The van der Waals surface area contributed by atoms with Crippen molar-refractivity contribution in [3.63, 3.8) is 0 Å². The summed E-state index contributed by atoms with van der Waals surface area (Å²) >= 11 is 5.90. The fourth-order valence-corrected chi connectivity index (χ4v) is 2.42. The van der Waals surface area contributed by atoms with Crippen molar-refractivity contribution in [1.82, 2.24) is 4.90 Å². The Kier molecular flexibility index (Phi) is 4.44. The zero-order valence-corrected chi connectivity index (χ0v) is 10.9. The molecule has 0 spiro atoms. The fraction of sp³-hybridized carbons (Fsp3) is 0.462. The maximum atomic E-state index is 10.8. The lowest BCUT2D eigenvalue weighted by molar-refractivity contribution is 0.0697. The van der Waals surface area contributed by atoms with Crippen LogP contribution in [0.3, 0.4) is 0 Å². The highest BCUT2D eigenvalue weighted by Gasteiger charge is 2.11. The van der Waals surface area contributed by atoms with Crippen molar-refractivity contribution < 1.29 is 9.90 Å². The molecule has 1 aliphatic heterocycles. The SMILES string of the molecule is O=C(O)c1ccc(NCCN2CCCC2)cc1Cl. The number of hydrogen-bond acceptors (Lipinski definition) is 3. The minimum absolute atomic E-state index is 0.141. The first kappa shape index (κ1) is 13.2. The van der Waals surface area contributed by atoms with E-state index in [4.69, 9.17) is 16.7 Å². The van der Waals surface area contributed by atoms with Crippen LogP contribution in [0.25, 0.3) is 0 Å². The Hall–Kier alpha value is -1.26. The van der Waals surface area contributed by atoms with E-state index in [9.17, 15) is 4.79 Å². The molecule has 2 rings (SSSR count). The fourth-order valence-electron chi connectivity index (χ4n) is 2.16. The number of likely N-dealkylation sites (tertiary alicyclic amines) is 1. The molecule has 2 N–H and O–H groups in total. The Balaban J connectivity index is 1.85. The summed E-state index contributed by atoms with van der Waals surface area (Å²) in [4.78, 5) is 13.2. The van der Waals surface area contributed by atoms with E-state index in [0.29, 0.717) is 0 Å². The number of carboxylic acid groups (broad SMARTS) is 1. The lowest BCUT2D eigenvalue weighted by Gasteiger charge is -2.15. The number of carboxylic acids is 1. The van der Waals surface area contributed by atoms with Gasteiger partial charge in [0.15, 0.2) is 0 Å². The second-order valence-electron chi connectivity index (χ2n) is 4.48. The average Bonchev–Trinajstić information content (AvgIpc) is 2.81. The molecule has 1 aliphatic rings. The summed E-state index contributed by atoms with van der Waals surface area (Å²) in [6.45, 7) is 4.22. The van der Waals surface area contributed by atoms with Gasteiger partial charge < -0.3 is 15.3 Å². The zero-order chi connectivity index (χ0) is 13.0. The van der Waals surface area contributed by atoms with E-state index in [1.165, 1.54) is 32.0 Å². The number of halogens is 1. The molecule has 1 saturated heterocycles. The number of rotatable bonds is 5. The molecule has 1 fully saturated rings. The third-order valence-corrected chi connectivity index (χ3v) is 3.47. The smallest absolute Gasteiger partial charge is 0.337 e. The molecular weight excluding hydrogens is 252 g/mol. The van der Waals surface area contributed by atoms with Crippen LogP contribution in [0.5, 0.6) is 0 Å². The van der Waals surface area contributed by atoms with Crippen LogP contribution < -0.4 is 5.32 Å². The number of hydrogen-bond donors (Lipinski definition) is 2. The average molecular weight is 269 g/mol. The number of aromatic carboxylic acids is 1. The quantitative estimate of drug-likeness (QED) is 0.862. The lowest BCUT2D eigenvalue weighted by Crippen LogP contribution is -2.25. The first-order valence-electron chi connectivity index (χ1n) is 6.16. The summed E-state index contributed by atoms with van der Waals surface area (Å²) in [7, 11) is 0. The molecular formula is C13H17ClN2O2. The van der Waals surface area contributed by atoms with E-state index in [0.717, 1.165) is 18.8 Å². The highest BCUT2D eigenvalue weighted by atomic mass is 35.5. The molecule has 4 nitrogen and oxygen atoms in total. The van der Waals surface area contributed by atoms with Gasteiger partial charge in [-0.15, -0.1) is 0 Å². The molecule has 0 bridgehead atoms. The van der Waals surface area contributed by atoms with Crippen molar-refractivity contribution in [3.8, 4) is 0 Å². The van der Waals surface area contributed by atoms with Crippen molar-refractivity contribution >= 4 is 23.3 Å². The minimum atomic E-state index is -0.997. The molecule has 5 heteroatoms. The number of anilines is 1. The van der Waals surface area contributed by atoms with Gasteiger partial charge in [0, 0.05) is 18.8 Å². The van der Waals surface area contributed by atoms with Crippen LogP contribution >= 0.6 is 11.6 Å². The summed E-state index contributed by atoms with van der Waals surface area (Å²) in [5.74, 6) is -0.997. The van der Waals surface area contributed by atoms with Gasteiger partial charge in [-0.3, -0.25) is 0 Å². The molecule has 0 aliphatic carbocycles. The van der Waals surface area contributed by atoms with E-state index in [2.05, 4.69) is 10.2 Å². The first-order chi connectivity index (χ1) is 8.66. The third kappa shape index (κ3) is 3.37. The Morgan fingerprint density at radius 3 is 2.72 bits per heavy atom. The zero-order valence-electron chi connectivity index (χ0n) is 10.2. The Bertz CT molecular complexity index is 431. The second kappa shape index (κ2) is 6.07. The van der Waals surface area contributed by atoms with Gasteiger partial charge in [0.2, 0.25) is 0 Å². The molecule has 0 aromatic heterocycles. The van der Waals surface area contributed by atoms with Gasteiger partial charge in [-0.1, -0.05) is 11.6 Å². The van der Waals surface area contributed by atoms with Gasteiger partial charge in [0.1, 0.15) is 0 Å². The normalized spacial score (nSPS) is 15.8. The predicted molar refractivity (Wildman–Crippen MR) is 72.6 cm³/mol. The van der Waals surface area contributed by atoms with Crippen molar-refractivity contribution in [2.75, 3.05) is 31.5 Å². The maximum Gasteiger partial charge on any atom is 0.337 e. The Morgan fingerprint density at radius 2 is 2.11 bits per heavy atom. The van der Waals surface area contributed by atoms with E-state index in [-0.39, 0.29) is 10.6 Å². The number of benzene rings is 1. The van der Waals surface area contributed by atoms with E-state index >= 15 is 0 Å². The van der Waals surface area contributed by atoms with Crippen LogP contribution in [0.2, 0.25) is 5.02 Å². The van der Waals surface area contributed by atoms with Gasteiger partial charge in [-0.2, -0.15) is 0 Å². The van der Waals surface area contributed by atoms with Crippen LogP contribution in [0.4, 0.5) is 5.69 Å². The summed E-state index contributed by atoms with van der Waals surface area (Å²) < 4.78 is 0. The monoisotopic (exact) mass is 268 g/mol. The highest BCUT2D eigenvalue weighted by Crippen LogP contribution is 2.20. The summed E-state index contributed by atoms with van der Waals surface area (Å²) in [5.41, 5.74) is 1.01. The third-order valence-electron chi connectivity index (χ3n) is 3.16. The minimum Gasteiger partial charge on any atom is -0.478 e. The van der Waals surface area contributed by atoms with Crippen LogP contribution in [0.1, 0.15) is 23.2 Å². The second-order valence-corrected chi connectivity index (χ2v) is 4.88. The molecule has 98 valence electrons. The molecule has 1 heterocycles. The van der Waals surface area contributed by atoms with Gasteiger partial charge in [-0.05, 0) is 44.1 Å². The van der Waals surface area contributed by atoms with Crippen LogP contribution in [0, 0.1) is 0 Å². The van der Waals surface area contributed by atoms with Crippen molar-refractivity contribution in [1.29, 1.82) is 0 Å². The number of carbonyl (C=O) groups is 1. The van der Waals surface area contributed by atoms with Crippen molar-refractivity contribution in [2.24, 2.45) is 0 Å². The summed E-state index contributed by atoms with van der Waals surface area (Å²) in [6.07, 6.45) is 2.58. The number of nitrogens with one attached hydrogen (secondary N) is 1. The summed E-state index contributed by atoms with van der Waals surface area (Å²) in [6, 6.07) is 4.94. The Morgan fingerprint density at radius 1 is 1.39 bits per heavy atom. The lowest BCUT2D eigenvalue weighted by atomic mass is 10.2. The predicted octanol–water partition coefficient (Wildman–Crippen LogP) is 2.55. The molecule has 0 unspecified atom stereocenters. The topological polar surface area (TPSA) is 52.6 Å². The van der Waals surface area contributed by atoms with E-state index < -0.39 is 5.97 Å². The molecule has 0 atom stereocenters. The molecule has 1 aromatic carbocycles. The van der Waals surface area contributed by atoms with E-state index in [1.807, 2.05) is 0 Å². The molecule has 0 amide bonds. The highest BCUT2D eigenvalue weighted by molar-refractivity contribution is 6.33. The molecule has 0 saturated carbocycles. The largest absolute Gasteiger partial charge is 0.478 e. The van der Waals surface area contributed by atoms with Gasteiger partial charge in [0.05, 0.1) is 10.6 Å². The van der Waals surface area contributed by atoms with Crippen LogP contribution in [-0.4, -0.2) is 42.2 Å². The Labute approximate surface area is 112 Å². The van der Waals surface area contributed by atoms with E-state index in [1.54, 1.807) is 12.1 Å². The molecule has 1 aromatic rings. The van der Waals surface area contributed by atoms with Crippen LogP contribution in [-0.2, 0) is 0 Å². The summed E-state index contributed by atoms with van der Waals surface area (Å²) in [5, 5.41) is 12.4.